The number of nitrogens with one attached hydrogen (secondary N) is 2. The molecule has 0 unspecified atom stereocenters. The fourth-order valence-electron chi connectivity index (χ4n) is 6.01. The quantitative estimate of drug-likeness (QED) is 0.476. The topological polar surface area (TPSA) is 68.4 Å². The van der Waals surface area contributed by atoms with E-state index in [2.05, 4.69) is 63.9 Å². The summed E-state index contributed by atoms with van der Waals surface area (Å²) in [4.78, 5) is 29.1. The first-order chi connectivity index (χ1) is 18.5. The minimum absolute atomic E-state index is 0.307. The largest absolute Gasteiger partial charge is 0.361 e. The van der Waals surface area contributed by atoms with Gasteiger partial charge in [-0.05, 0) is 86.2 Å². The van der Waals surface area contributed by atoms with Gasteiger partial charge in [0.2, 0.25) is 12.3 Å². The number of hydrogen-bond donors (Lipinski definition) is 2. The first kappa shape index (κ1) is 27.9. The maximum absolute atomic E-state index is 12.8. The van der Waals surface area contributed by atoms with Gasteiger partial charge in [-0.3, -0.25) is 9.59 Å². The van der Waals surface area contributed by atoms with Gasteiger partial charge in [0.25, 0.3) is 0 Å². The van der Waals surface area contributed by atoms with Crippen LogP contribution in [0, 0.1) is 0 Å². The highest BCUT2D eigenvalue weighted by atomic mass is 16.2. The van der Waals surface area contributed by atoms with Gasteiger partial charge in [-0.1, -0.05) is 48.9 Å². The molecular weight excluding hydrogens is 472 g/mol. The van der Waals surface area contributed by atoms with Crippen LogP contribution in [0.15, 0.2) is 54.7 Å². The summed E-state index contributed by atoms with van der Waals surface area (Å²) in [6.07, 6.45) is 13.1. The van der Waals surface area contributed by atoms with Crippen molar-refractivity contribution in [3.63, 3.8) is 0 Å². The third-order valence-electron chi connectivity index (χ3n) is 8.24. The Balaban J connectivity index is 0.000000256. The lowest BCUT2D eigenvalue weighted by atomic mass is 9.74. The van der Waals surface area contributed by atoms with E-state index >= 15 is 0 Å². The minimum atomic E-state index is 0.307. The molecule has 2 amide bonds. The first-order valence-corrected chi connectivity index (χ1v) is 14.3. The normalized spacial score (nSPS) is 17.6. The van der Waals surface area contributed by atoms with Crippen molar-refractivity contribution in [1.82, 2.24) is 20.1 Å². The summed E-state index contributed by atoms with van der Waals surface area (Å²) < 4.78 is 0. The van der Waals surface area contributed by atoms with Gasteiger partial charge in [0, 0.05) is 50.7 Å². The highest BCUT2D eigenvalue weighted by Gasteiger charge is 2.41. The Morgan fingerprint density at radius 3 is 2.32 bits per heavy atom. The molecule has 3 aliphatic rings. The smallest absolute Gasteiger partial charge is 0.222 e. The third kappa shape index (κ3) is 7.04. The Hall–Kier alpha value is -3.12. The van der Waals surface area contributed by atoms with Crippen LogP contribution in [0.1, 0.15) is 61.6 Å². The average Bonchev–Trinajstić information content (AvgIpc) is 3.55. The zero-order chi connectivity index (χ0) is 26.8. The number of hydrogen-bond acceptors (Lipinski definition) is 3. The summed E-state index contributed by atoms with van der Waals surface area (Å²) >= 11 is 0. The number of aromatic nitrogens is 1. The lowest BCUT2D eigenvalue weighted by Gasteiger charge is -2.40. The number of rotatable bonds is 4. The maximum Gasteiger partial charge on any atom is 0.222 e. The van der Waals surface area contributed by atoms with Crippen LogP contribution in [0.2, 0.25) is 0 Å². The summed E-state index contributed by atoms with van der Waals surface area (Å²) in [5, 5.41) is 4.53. The van der Waals surface area contributed by atoms with Crippen molar-refractivity contribution in [2.24, 2.45) is 0 Å². The molecule has 3 aromatic rings. The lowest BCUT2D eigenvalue weighted by molar-refractivity contribution is -0.132. The summed E-state index contributed by atoms with van der Waals surface area (Å²) in [6.45, 7) is 4.31. The Kier molecular flexibility index (Phi) is 9.99. The Bertz CT molecular complexity index is 1160. The van der Waals surface area contributed by atoms with Gasteiger partial charge >= 0.3 is 0 Å². The predicted octanol–water partition coefficient (Wildman–Crippen LogP) is 5.07. The van der Waals surface area contributed by atoms with Crippen LogP contribution in [0.3, 0.4) is 0 Å². The zero-order valence-electron chi connectivity index (χ0n) is 23.2. The van der Waals surface area contributed by atoms with Gasteiger partial charge in [-0.2, -0.15) is 0 Å². The number of aryl methyl sites for hydroxylation is 2. The molecule has 0 atom stereocenters. The molecule has 0 radical (unpaired) electrons. The summed E-state index contributed by atoms with van der Waals surface area (Å²) in [7, 11) is 3.38. The van der Waals surface area contributed by atoms with Gasteiger partial charge < -0.3 is 20.1 Å². The lowest BCUT2D eigenvalue weighted by Crippen LogP contribution is -2.44. The van der Waals surface area contributed by atoms with Crippen molar-refractivity contribution in [3.8, 4) is 0 Å². The van der Waals surface area contributed by atoms with E-state index in [9.17, 15) is 9.59 Å². The fraction of sp³-hybridized carbons (Fsp3) is 0.500. The number of benzene rings is 2. The van der Waals surface area contributed by atoms with Gasteiger partial charge in [0.05, 0.1) is 0 Å². The van der Waals surface area contributed by atoms with Crippen molar-refractivity contribution >= 4 is 23.2 Å². The van der Waals surface area contributed by atoms with E-state index < -0.39 is 0 Å². The average molecular weight is 517 g/mol. The second-order valence-electron chi connectivity index (χ2n) is 11.1. The number of nitrogens with zero attached hydrogens (tertiary/aromatic N) is 2. The van der Waals surface area contributed by atoms with E-state index in [0.29, 0.717) is 17.7 Å². The third-order valence-corrected chi connectivity index (χ3v) is 8.24. The Morgan fingerprint density at radius 2 is 1.66 bits per heavy atom. The van der Waals surface area contributed by atoms with Crippen LogP contribution in [0.4, 0.5) is 0 Å². The highest BCUT2D eigenvalue weighted by Crippen LogP contribution is 2.46. The molecule has 1 aliphatic carbocycles. The van der Waals surface area contributed by atoms with Gasteiger partial charge in [-0.15, -0.1) is 0 Å². The van der Waals surface area contributed by atoms with E-state index in [0.717, 1.165) is 44.3 Å². The van der Waals surface area contributed by atoms with Gasteiger partial charge in [0.1, 0.15) is 0 Å². The van der Waals surface area contributed by atoms with E-state index in [-0.39, 0.29) is 0 Å². The highest BCUT2D eigenvalue weighted by molar-refractivity contribution is 5.84. The molecule has 0 saturated carbocycles. The van der Waals surface area contributed by atoms with E-state index in [1.807, 2.05) is 6.07 Å². The molecule has 38 heavy (non-hydrogen) atoms. The van der Waals surface area contributed by atoms with Crippen molar-refractivity contribution in [2.45, 2.75) is 63.2 Å². The standard InChI is InChI=1S/C24H26N2O.C5H11N.C3H7NO/c27-23(10-9-19-17-25-22-8-4-2-6-20(19)22)26-15-13-24(14-16-26)12-11-18-5-1-3-7-21(18)24;1-2-4-6-5-3-1;1-4(2)3-5/h1-8,17,25H,9-16H2;6H,1-5H2;3H,1-2H3. The van der Waals surface area contributed by atoms with Crippen molar-refractivity contribution in [3.05, 3.63) is 71.4 Å². The van der Waals surface area contributed by atoms with Gasteiger partial charge in [0.15, 0.2) is 0 Å². The Morgan fingerprint density at radius 1 is 0.974 bits per heavy atom. The molecule has 3 heterocycles. The molecule has 2 aromatic carbocycles. The number of fused-ring (bicyclic) bond motifs is 3. The summed E-state index contributed by atoms with van der Waals surface area (Å²) in [6, 6.07) is 17.2. The van der Waals surface area contributed by atoms with E-state index in [4.69, 9.17) is 0 Å². The molecule has 2 saturated heterocycles. The van der Waals surface area contributed by atoms with E-state index in [1.165, 1.54) is 66.6 Å². The van der Waals surface area contributed by atoms with Crippen LogP contribution < -0.4 is 5.32 Å². The number of aromatic amines is 1. The molecule has 6 heteroatoms. The number of carbonyl (C=O) groups excluding carboxylic acids is 2. The van der Waals surface area contributed by atoms with Crippen LogP contribution in [0.25, 0.3) is 10.9 Å². The Labute approximate surface area is 227 Å². The van der Waals surface area contributed by atoms with Gasteiger partial charge in [-0.25, -0.2) is 0 Å². The molecule has 0 bridgehead atoms. The van der Waals surface area contributed by atoms with Crippen molar-refractivity contribution in [1.29, 1.82) is 0 Å². The number of carbonyl (C=O) groups is 2. The molecule has 1 aromatic heterocycles. The monoisotopic (exact) mass is 516 g/mol. The van der Waals surface area contributed by atoms with Crippen LogP contribution in [-0.2, 0) is 27.8 Å². The number of para-hydroxylation sites is 1. The number of likely N-dealkylation sites (tertiary alicyclic amines) is 1. The summed E-state index contributed by atoms with van der Waals surface area (Å²) in [5.41, 5.74) is 5.80. The van der Waals surface area contributed by atoms with Crippen LogP contribution in [0.5, 0.6) is 0 Å². The molecule has 204 valence electrons. The van der Waals surface area contributed by atoms with Crippen molar-refractivity contribution in [2.75, 3.05) is 40.3 Å². The first-order valence-electron chi connectivity index (χ1n) is 14.3. The van der Waals surface area contributed by atoms with Crippen LogP contribution in [-0.4, -0.2) is 67.4 Å². The molecule has 2 N–H and O–H groups in total. The fourth-order valence-corrected chi connectivity index (χ4v) is 6.01. The van der Waals surface area contributed by atoms with Crippen LogP contribution >= 0.6 is 0 Å². The summed E-state index contributed by atoms with van der Waals surface area (Å²) in [5.74, 6) is 0.307. The molecule has 6 nitrogen and oxygen atoms in total. The molecule has 2 aliphatic heterocycles. The second-order valence-corrected chi connectivity index (χ2v) is 11.1. The molecular formula is C32H44N4O2. The van der Waals surface area contributed by atoms with E-state index in [1.54, 1.807) is 19.7 Å². The predicted molar refractivity (Wildman–Crippen MR) is 155 cm³/mol. The molecule has 1 spiro atoms. The molecule has 2 fully saturated rings. The second kappa shape index (κ2) is 13.6. The molecule has 6 rings (SSSR count). The number of amides is 2. The maximum atomic E-state index is 12.8. The minimum Gasteiger partial charge on any atom is -0.361 e. The van der Waals surface area contributed by atoms with Crippen molar-refractivity contribution < 1.29 is 9.59 Å². The number of H-pyrrole nitrogens is 1. The SMILES string of the molecule is C1CCNCC1.CN(C)C=O.O=C(CCc1c[nH]c2ccccc12)N1CCC2(CCc3ccccc32)CC1. The number of piperidine rings is 2. The zero-order valence-corrected chi connectivity index (χ0v) is 23.2.